The standard InChI is InChI=1S/C24H35N3O3/c1-4-6-13-25(5-2)23(29)19-11-14-26(15-12-19)24(30)20-16-22(28)27(17-20)21-9-7-18(3)8-10-21/h7-10,19-20H,4-6,11-17H2,1-3H3. The zero-order valence-corrected chi connectivity index (χ0v) is 18.6. The summed E-state index contributed by atoms with van der Waals surface area (Å²) in [6, 6.07) is 7.85. The molecule has 2 fully saturated rings. The molecule has 0 N–H and O–H groups in total. The predicted molar refractivity (Wildman–Crippen MR) is 118 cm³/mol. The highest BCUT2D eigenvalue weighted by atomic mass is 16.2. The van der Waals surface area contributed by atoms with E-state index in [1.807, 2.05) is 47.9 Å². The molecule has 0 aliphatic carbocycles. The van der Waals surface area contributed by atoms with Crippen molar-refractivity contribution in [1.29, 1.82) is 0 Å². The Kier molecular flexibility index (Phi) is 7.51. The monoisotopic (exact) mass is 413 g/mol. The van der Waals surface area contributed by atoms with E-state index in [0.717, 1.165) is 50.0 Å². The summed E-state index contributed by atoms with van der Waals surface area (Å²) in [7, 11) is 0. The Bertz CT molecular complexity index is 753. The third-order valence-corrected chi connectivity index (χ3v) is 6.45. The lowest BCUT2D eigenvalue weighted by molar-refractivity contribution is -0.142. The Hall–Kier alpha value is -2.37. The van der Waals surface area contributed by atoms with E-state index in [2.05, 4.69) is 6.92 Å². The zero-order valence-electron chi connectivity index (χ0n) is 18.6. The van der Waals surface area contributed by atoms with Crippen LogP contribution in [0.1, 0.15) is 51.5 Å². The summed E-state index contributed by atoms with van der Waals surface area (Å²) in [6.07, 6.45) is 3.82. The molecule has 2 heterocycles. The van der Waals surface area contributed by atoms with E-state index in [9.17, 15) is 14.4 Å². The topological polar surface area (TPSA) is 60.9 Å². The summed E-state index contributed by atoms with van der Waals surface area (Å²) in [5.74, 6) is 0.0291. The van der Waals surface area contributed by atoms with Crippen LogP contribution in [0.5, 0.6) is 0 Å². The average molecular weight is 414 g/mol. The van der Waals surface area contributed by atoms with Crippen LogP contribution in [0.2, 0.25) is 0 Å². The molecule has 0 spiro atoms. The van der Waals surface area contributed by atoms with Crippen molar-refractivity contribution in [2.45, 2.75) is 52.9 Å². The Balaban J connectivity index is 1.53. The number of rotatable bonds is 7. The number of likely N-dealkylation sites (tertiary alicyclic amines) is 1. The molecule has 2 saturated heterocycles. The number of carbonyl (C=O) groups is 3. The van der Waals surface area contributed by atoms with Crippen LogP contribution in [0.3, 0.4) is 0 Å². The second-order valence-electron chi connectivity index (χ2n) is 8.61. The first-order valence-electron chi connectivity index (χ1n) is 11.4. The van der Waals surface area contributed by atoms with Crippen LogP contribution in [-0.2, 0) is 14.4 Å². The summed E-state index contributed by atoms with van der Waals surface area (Å²) in [4.78, 5) is 43.9. The number of hydrogen-bond donors (Lipinski definition) is 0. The maximum Gasteiger partial charge on any atom is 0.228 e. The number of amides is 3. The number of piperidine rings is 1. The van der Waals surface area contributed by atoms with Crippen molar-refractivity contribution in [2.75, 3.05) is 37.6 Å². The van der Waals surface area contributed by atoms with Gasteiger partial charge in [-0.1, -0.05) is 31.0 Å². The minimum atomic E-state index is -0.289. The van der Waals surface area contributed by atoms with E-state index in [-0.39, 0.29) is 36.0 Å². The first-order chi connectivity index (χ1) is 14.4. The number of anilines is 1. The van der Waals surface area contributed by atoms with Gasteiger partial charge in [-0.05, 0) is 45.2 Å². The molecular weight excluding hydrogens is 378 g/mol. The third-order valence-electron chi connectivity index (χ3n) is 6.45. The van der Waals surface area contributed by atoms with Crippen molar-refractivity contribution in [3.63, 3.8) is 0 Å². The molecule has 0 bridgehead atoms. The van der Waals surface area contributed by atoms with E-state index < -0.39 is 0 Å². The fourth-order valence-corrected chi connectivity index (χ4v) is 4.48. The first-order valence-corrected chi connectivity index (χ1v) is 11.4. The molecule has 2 aliphatic heterocycles. The van der Waals surface area contributed by atoms with Crippen LogP contribution in [0, 0.1) is 18.8 Å². The fraction of sp³-hybridized carbons (Fsp3) is 0.625. The second-order valence-corrected chi connectivity index (χ2v) is 8.61. The lowest BCUT2D eigenvalue weighted by Crippen LogP contribution is -2.46. The largest absolute Gasteiger partial charge is 0.343 e. The van der Waals surface area contributed by atoms with E-state index in [0.29, 0.717) is 19.6 Å². The van der Waals surface area contributed by atoms with Gasteiger partial charge < -0.3 is 14.7 Å². The number of nitrogens with zero attached hydrogens (tertiary/aromatic N) is 3. The van der Waals surface area contributed by atoms with Gasteiger partial charge in [-0.15, -0.1) is 0 Å². The molecule has 1 aromatic carbocycles. The van der Waals surface area contributed by atoms with Gasteiger partial charge >= 0.3 is 0 Å². The summed E-state index contributed by atoms with van der Waals surface area (Å²) in [5, 5.41) is 0. The average Bonchev–Trinajstić information content (AvgIpc) is 3.16. The van der Waals surface area contributed by atoms with Crippen molar-refractivity contribution >= 4 is 23.4 Å². The highest BCUT2D eigenvalue weighted by molar-refractivity contribution is 6.00. The highest BCUT2D eigenvalue weighted by Crippen LogP contribution is 2.28. The highest BCUT2D eigenvalue weighted by Gasteiger charge is 2.39. The van der Waals surface area contributed by atoms with Gasteiger partial charge in [-0.2, -0.15) is 0 Å². The van der Waals surface area contributed by atoms with Crippen LogP contribution in [0.15, 0.2) is 24.3 Å². The fourth-order valence-electron chi connectivity index (χ4n) is 4.48. The molecule has 3 amide bonds. The van der Waals surface area contributed by atoms with Crippen LogP contribution in [0.4, 0.5) is 5.69 Å². The number of aryl methyl sites for hydroxylation is 1. The summed E-state index contributed by atoms with van der Waals surface area (Å²) in [5.41, 5.74) is 2.00. The van der Waals surface area contributed by atoms with Gasteiger partial charge in [0.05, 0.1) is 5.92 Å². The Morgan fingerprint density at radius 2 is 1.73 bits per heavy atom. The Morgan fingerprint density at radius 1 is 1.07 bits per heavy atom. The predicted octanol–water partition coefficient (Wildman–Crippen LogP) is 3.24. The van der Waals surface area contributed by atoms with Gasteiger partial charge in [0.15, 0.2) is 0 Å². The van der Waals surface area contributed by atoms with Gasteiger partial charge in [-0.25, -0.2) is 0 Å². The zero-order chi connectivity index (χ0) is 21.7. The molecule has 164 valence electrons. The molecule has 1 unspecified atom stereocenters. The minimum absolute atomic E-state index is 0.0109. The lowest BCUT2D eigenvalue weighted by Gasteiger charge is -2.35. The molecule has 6 heteroatoms. The van der Waals surface area contributed by atoms with E-state index >= 15 is 0 Å². The molecular formula is C24H35N3O3. The molecule has 30 heavy (non-hydrogen) atoms. The third kappa shape index (κ3) is 5.02. The molecule has 0 aromatic heterocycles. The second kappa shape index (κ2) is 10.1. The summed E-state index contributed by atoms with van der Waals surface area (Å²) >= 11 is 0. The van der Waals surface area contributed by atoms with Crippen LogP contribution < -0.4 is 4.90 Å². The van der Waals surface area contributed by atoms with Gasteiger partial charge in [0.1, 0.15) is 0 Å². The smallest absolute Gasteiger partial charge is 0.228 e. The van der Waals surface area contributed by atoms with E-state index in [1.54, 1.807) is 4.90 Å². The van der Waals surface area contributed by atoms with Crippen molar-refractivity contribution < 1.29 is 14.4 Å². The molecule has 0 radical (unpaired) electrons. The van der Waals surface area contributed by atoms with Crippen molar-refractivity contribution in [3.8, 4) is 0 Å². The van der Waals surface area contributed by atoms with Crippen LogP contribution in [0.25, 0.3) is 0 Å². The Labute approximate surface area is 180 Å². The number of hydrogen-bond acceptors (Lipinski definition) is 3. The molecule has 1 atom stereocenters. The molecule has 3 rings (SSSR count). The Morgan fingerprint density at radius 3 is 2.33 bits per heavy atom. The van der Waals surface area contributed by atoms with Gasteiger partial charge in [0.25, 0.3) is 0 Å². The quantitative estimate of drug-likeness (QED) is 0.689. The van der Waals surface area contributed by atoms with E-state index in [4.69, 9.17) is 0 Å². The van der Waals surface area contributed by atoms with E-state index in [1.165, 1.54) is 0 Å². The van der Waals surface area contributed by atoms with Crippen molar-refractivity contribution in [2.24, 2.45) is 11.8 Å². The summed E-state index contributed by atoms with van der Waals surface area (Å²) in [6.45, 7) is 9.41. The van der Waals surface area contributed by atoms with Crippen molar-refractivity contribution in [3.05, 3.63) is 29.8 Å². The SMILES string of the molecule is CCCCN(CC)C(=O)C1CCN(C(=O)C2CC(=O)N(c3ccc(C)cc3)C2)CC1. The lowest BCUT2D eigenvalue weighted by atomic mass is 9.94. The number of carbonyl (C=O) groups excluding carboxylic acids is 3. The molecule has 6 nitrogen and oxygen atoms in total. The maximum atomic E-state index is 13.0. The number of benzene rings is 1. The maximum absolute atomic E-state index is 13.0. The summed E-state index contributed by atoms with van der Waals surface area (Å²) < 4.78 is 0. The minimum Gasteiger partial charge on any atom is -0.343 e. The molecule has 0 saturated carbocycles. The van der Waals surface area contributed by atoms with Crippen LogP contribution >= 0.6 is 0 Å². The first kappa shape index (κ1) is 22.3. The van der Waals surface area contributed by atoms with Crippen molar-refractivity contribution in [1.82, 2.24) is 9.80 Å². The van der Waals surface area contributed by atoms with Crippen LogP contribution in [-0.4, -0.2) is 60.2 Å². The molecule has 1 aromatic rings. The van der Waals surface area contributed by atoms with Gasteiger partial charge in [-0.3, -0.25) is 14.4 Å². The van der Waals surface area contributed by atoms with Gasteiger partial charge in [0.2, 0.25) is 17.7 Å². The number of unbranched alkanes of at least 4 members (excludes halogenated alkanes) is 1. The van der Waals surface area contributed by atoms with Gasteiger partial charge in [0, 0.05) is 50.7 Å². The normalized spacial score (nSPS) is 20.0. The molecule has 2 aliphatic rings.